The molecule has 0 atom stereocenters. The Morgan fingerprint density at radius 2 is 2.00 bits per heavy atom. The molecule has 0 aliphatic rings. The van der Waals surface area contributed by atoms with Gasteiger partial charge in [0.1, 0.15) is 0 Å². The molecule has 0 radical (unpaired) electrons. The highest BCUT2D eigenvalue weighted by Gasteiger charge is 2.20. The minimum Gasteiger partial charge on any atom is -0.356 e. The molecule has 2 aromatic rings. The number of aromatic nitrogens is 2. The molecule has 1 heterocycles. The first kappa shape index (κ1) is 18.3. The van der Waals surface area contributed by atoms with Gasteiger partial charge in [0.15, 0.2) is 5.96 Å². The molecule has 0 aliphatic heterocycles. The number of hydrogen-bond donors (Lipinski definition) is 2. The first-order chi connectivity index (χ1) is 11.5. The maximum absolute atomic E-state index is 5.97. The molecule has 1 aromatic carbocycles. The molecule has 0 bridgehead atoms. The zero-order valence-corrected chi connectivity index (χ0v) is 15.3. The number of benzene rings is 1. The predicted octanol–water partition coefficient (Wildman–Crippen LogP) is 3.07. The average Bonchev–Trinajstić information content (AvgIpc) is 3.08. The first-order valence-electron chi connectivity index (χ1n) is 8.19. The number of nitrogens with zero attached hydrogens (tertiary/aromatic N) is 3. The Bertz CT molecular complexity index is 632. The lowest BCUT2D eigenvalue weighted by Gasteiger charge is -2.27. The monoisotopic (exact) mass is 347 g/mol. The van der Waals surface area contributed by atoms with E-state index in [2.05, 4.69) is 46.7 Å². The number of rotatable bonds is 7. The Kier molecular flexibility index (Phi) is 6.67. The summed E-state index contributed by atoms with van der Waals surface area (Å²) in [6.07, 6.45) is 4.76. The van der Waals surface area contributed by atoms with Crippen molar-refractivity contribution in [3.8, 4) is 0 Å². The van der Waals surface area contributed by atoms with Gasteiger partial charge in [-0.2, -0.15) is 5.10 Å². The number of hydrogen-bond acceptors (Lipinski definition) is 2. The van der Waals surface area contributed by atoms with Crippen molar-refractivity contribution in [3.63, 3.8) is 0 Å². The van der Waals surface area contributed by atoms with Crippen molar-refractivity contribution in [1.29, 1.82) is 0 Å². The summed E-state index contributed by atoms with van der Waals surface area (Å²) >= 11 is 5.97. The molecule has 0 fully saturated rings. The molecule has 0 saturated heterocycles. The maximum Gasteiger partial charge on any atom is 0.191 e. The molecular formula is C18H26ClN5. The summed E-state index contributed by atoms with van der Waals surface area (Å²) in [6.45, 7) is 6.93. The highest BCUT2D eigenvalue weighted by atomic mass is 35.5. The van der Waals surface area contributed by atoms with Crippen LogP contribution in [0.15, 0.2) is 47.7 Å². The number of nitrogens with one attached hydrogen (secondary N) is 2. The van der Waals surface area contributed by atoms with E-state index in [-0.39, 0.29) is 5.41 Å². The smallest absolute Gasteiger partial charge is 0.191 e. The van der Waals surface area contributed by atoms with E-state index in [9.17, 15) is 0 Å². The normalized spacial score (nSPS) is 12.2. The Morgan fingerprint density at radius 1 is 1.25 bits per heavy atom. The van der Waals surface area contributed by atoms with E-state index in [1.54, 1.807) is 13.2 Å². The van der Waals surface area contributed by atoms with Crippen LogP contribution in [0.2, 0.25) is 5.02 Å². The van der Waals surface area contributed by atoms with Gasteiger partial charge in [0, 0.05) is 49.5 Å². The quantitative estimate of drug-likeness (QED) is 0.460. The van der Waals surface area contributed by atoms with Crippen LogP contribution in [0.4, 0.5) is 0 Å². The molecule has 0 aliphatic carbocycles. The maximum atomic E-state index is 5.97. The van der Waals surface area contributed by atoms with Gasteiger partial charge >= 0.3 is 0 Å². The average molecular weight is 348 g/mol. The molecule has 0 unspecified atom stereocenters. The SMILES string of the molecule is CN=C(NCCCn1cccn1)NCC(C)(C)c1ccc(Cl)cc1. The first-order valence-corrected chi connectivity index (χ1v) is 8.57. The van der Waals surface area contributed by atoms with Gasteiger partial charge in [-0.15, -0.1) is 0 Å². The Labute approximate surface area is 149 Å². The molecule has 5 nitrogen and oxygen atoms in total. The summed E-state index contributed by atoms with van der Waals surface area (Å²) in [5.41, 5.74) is 1.23. The van der Waals surface area contributed by atoms with Crippen LogP contribution in [0.3, 0.4) is 0 Å². The molecular weight excluding hydrogens is 322 g/mol. The van der Waals surface area contributed by atoms with Gasteiger partial charge < -0.3 is 10.6 Å². The van der Waals surface area contributed by atoms with Crippen LogP contribution < -0.4 is 10.6 Å². The molecule has 2 rings (SSSR count). The van der Waals surface area contributed by atoms with E-state index in [4.69, 9.17) is 11.6 Å². The minimum absolute atomic E-state index is 0.0166. The van der Waals surface area contributed by atoms with Crippen molar-refractivity contribution >= 4 is 17.6 Å². The van der Waals surface area contributed by atoms with Crippen LogP contribution in [0.1, 0.15) is 25.8 Å². The predicted molar refractivity (Wildman–Crippen MR) is 101 cm³/mol. The standard InChI is InChI=1S/C18H26ClN5/c1-18(2,15-6-8-16(19)9-7-15)14-22-17(20-3)21-10-4-12-24-13-5-11-23-24/h5-9,11,13H,4,10,12,14H2,1-3H3,(H2,20,21,22). The lowest BCUT2D eigenvalue weighted by Crippen LogP contribution is -2.43. The Morgan fingerprint density at radius 3 is 2.62 bits per heavy atom. The minimum atomic E-state index is -0.0166. The second-order valence-electron chi connectivity index (χ2n) is 6.37. The van der Waals surface area contributed by atoms with Gasteiger partial charge in [-0.05, 0) is 30.2 Å². The fraction of sp³-hybridized carbons (Fsp3) is 0.444. The highest BCUT2D eigenvalue weighted by Crippen LogP contribution is 2.23. The number of aliphatic imine (C=N–C) groups is 1. The highest BCUT2D eigenvalue weighted by molar-refractivity contribution is 6.30. The molecule has 24 heavy (non-hydrogen) atoms. The van der Waals surface area contributed by atoms with E-state index in [0.717, 1.165) is 37.0 Å². The van der Waals surface area contributed by atoms with Crippen LogP contribution in [-0.2, 0) is 12.0 Å². The van der Waals surface area contributed by atoms with Gasteiger partial charge in [0.05, 0.1) is 0 Å². The molecule has 0 spiro atoms. The van der Waals surface area contributed by atoms with Gasteiger partial charge in [0.2, 0.25) is 0 Å². The van der Waals surface area contributed by atoms with Crippen LogP contribution in [0.25, 0.3) is 0 Å². The molecule has 130 valence electrons. The second kappa shape index (κ2) is 8.73. The number of aryl methyl sites for hydroxylation is 1. The van der Waals surface area contributed by atoms with E-state index >= 15 is 0 Å². The van der Waals surface area contributed by atoms with Gasteiger partial charge in [-0.25, -0.2) is 0 Å². The van der Waals surface area contributed by atoms with Crippen molar-refractivity contribution in [3.05, 3.63) is 53.3 Å². The fourth-order valence-corrected chi connectivity index (χ4v) is 2.53. The molecule has 2 N–H and O–H groups in total. The van der Waals surface area contributed by atoms with E-state index in [0.29, 0.717) is 0 Å². The third kappa shape index (κ3) is 5.57. The van der Waals surface area contributed by atoms with Gasteiger partial charge in [-0.1, -0.05) is 37.6 Å². The second-order valence-corrected chi connectivity index (χ2v) is 6.80. The lowest BCUT2D eigenvalue weighted by molar-refractivity contribution is 0.506. The van der Waals surface area contributed by atoms with Gasteiger partial charge in [0.25, 0.3) is 0 Å². The molecule has 0 saturated carbocycles. The largest absolute Gasteiger partial charge is 0.356 e. The van der Waals surface area contributed by atoms with E-state index in [1.165, 1.54) is 5.56 Å². The summed E-state index contributed by atoms with van der Waals surface area (Å²) < 4.78 is 1.93. The van der Waals surface area contributed by atoms with E-state index < -0.39 is 0 Å². The zero-order chi connectivity index (χ0) is 17.4. The third-order valence-corrected chi connectivity index (χ3v) is 4.21. The molecule has 6 heteroatoms. The van der Waals surface area contributed by atoms with Crippen molar-refractivity contribution < 1.29 is 0 Å². The van der Waals surface area contributed by atoms with Crippen molar-refractivity contribution in [2.75, 3.05) is 20.1 Å². The van der Waals surface area contributed by atoms with Crippen LogP contribution in [0.5, 0.6) is 0 Å². The number of halogens is 1. The summed E-state index contributed by atoms with van der Waals surface area (Å²) in [4.78, 5) is 4.28. The summed E-state index contributed by atoms with van der Waals surface area (Å²) in [7, 11) is 1.79. The summed E-state index contributed by atoms with van der Waals surface area (Å²) in [5.74, 6) is 0.817. The van der Waals surface area contributed by atoms with Crippen LogP contribution in [0, 0.1) is 0 Å². The van der Waals surface area contributed by atoms with Crippen molar-refractivity contribution in [2.45, 2.75) is 32.2 Å². The van der Waals surface area contributed by atoms with Crippen LogP contribution in [-0.4, -0.2) is 35.9 Å². The van der Waals surface area contributed by atoms with E-state index in [1.807, 2.05) is 29.1 Å². The fourth-order valence-electron chi connectivity index (χ4n) is 2.41. The summed E-state index contributed by atoms with van der Waals surface area (Å²) in [5, 5.41) is 11.7. The third-order valence-electron chi connectivity index (χ3n) is 3.96. The van der Waals surface area contributed by atoms with Crippen molar-refractivity contribution in [1.82, 2.24) is 20.4 Å². The molecule has 0 amide bonds. The topological polar surface area (TPSA) is 54.2 Å². The zero-order valence-electron chi connectivity index (χ0n) is 14.6. The van der Waals surface area contributed by atoms with Gasteiger partial charge in [-0.3, -0.25) is 9.67 Å². The summed E-state index contributed by atoms with van der Waals surface area (Å²) in [6, 6.07) is 9.95. The lowest BCUT2D eigenvalue weighted by atomic mass is 9.85. The number of guanidine groups is 1. The molecule has 1 aromatic heterocycles. The van der Waals surface area contributed by atoms with Crippen molar-refractivity contribution in [2.24, 2.45) is 4.99 Å². The Hall–Kier alpha value is -2.01. The van der Waals surface area contributed by atoms with Crippen LogP contribution >= 0.6 is 11.6 Å². The Balaban J connectivity index is 1.76.